The Morgan fingerprint density at radius 2 is 2.24 bits per heavy atom. The molecule has 0 aromatic heterocycles. The van der Waals surface area contributed by atoms with E-state index in [1.165, 1.54) is 12.1 Å². The summed E-state index contributed by atoms with van der Waals surface area (Å²) in [5, 5.41) is 9.11. The second-order valence-corrected chi connectivity index (χ2v) is 5.53. The van der Waals surface area contributed by atoms with E-state index in [0.29, 0.717) is 18.2 Å². The third kappa shape index (κ3) is 4.24. The average Bonchev–Trinajstić information content (AvgIpc) is 2.48. The van der Waals surface area contributed by atoms with Crippen molar-refractivity contribution in [2.75, 3.05) is 39.9 Å². The molecule has 0 aliphatic carbocycles. The Morgan fingerprint density at radius 1 is 1.43 bits per heavy atom. The number of piperazine rings is 1. The molecule has 0 radical (unpaired) electrons. The number of rotatable bonds is 5. The topological polar surface area (TPSA) is 39.5 Å². The Bertz CT molecular complexity index is 515. The van der Waals surface area contributed by atoms with Gasteiger partial charge in [0, 0.05) is 45.9 Å². The molecule has 0 bridgehead atoms. The van der Waals surface area contributed by atoms with E-state index in [9.17, 15) is 4.39 Å². The van der Waals surface area contributed by atoms with E-state index < -0.39 is 0 Å². The second-order valence-electron chi connectivity index (χ2n) is 5.53. The van der Waals surface area contributed by atoms with Gasteiger partial charge in [0.05, 0.1) is 18.2 Å². The normalized spacial score (nSPS) is 20.4. The van der Waals surface area contributed by atoms with Crippen LogP contribution in [0.1, 0.15) is 18.1 Å². The fourth-order valence-corrected chi connectivity index (χ4v) is 2.79. The van der Waals surface area contributed by atoms with E-state index in [2.05, 4.69) is 22.8 Å². The number of hydrogen-bond donors (Lipinski definition) is 0. The first-order valence-electron chi connectivity index (χ1n) is 7.28. The average molecular weight is 291 g/mol. The highest BCUT2D eigenvalue weighted by atomic mass is 19.1. The van der Waals surface area contributed by atoms with Gasteiger partial charge >= 0.3 is 0 Å². The first-order chi connectivity index (χ1) is 10.1. The van der Waals surface area contributed by atoms with Gasteiger partial charge in [-0.05, 0) is 24.6 Å². The molecule has 0 saturated carbocycles. The molecule has 1 aliphatic heterocycles. The summed E-state index contributed by atoms with van der Waals surface area (Å²) < 4.78 is 18.3. The van der Waals surface area contributed by atoms with Crippen LogP contribution in [0.5, 0.6) is 0 Å². The van der Waals surface area contributed by atoms with Crippen LogP contribution in [0, 0.1) is 17.1 Å². The first-order valence-corrected chi connectivity index (χ1v) is 7.28. The van der Waals surface area contributed by atoms with E-state index in [-0.39, 0.29) is 5.82 Å². The minimum Gasteiger partial charge on any atom is -0.383 e. The summed E-state index contributed by atoms with van der Waals surface area (Å²) in [5.74, 6) is -0.354. The number of methoxy groups -OCH3 is 1. The lowest BCUT2D eigenvalue weighted by Crippen LogP contribution is -2.52. The Morgan fingerprint density at radius 3 is 2.90 bits per heavy atom. The van der Waals surface area contributed by atoms with E-state index in [1.54, 1.807) is 13.2 Å². The third-order valence-electron chi connectivity index (χ3n) is 4.02. The lowest BCUT2D eigenvalue weighted by molar-refractivity contribution is 0.0557. The standard InChI is InChI=1S/C16H22FN3O/c1-13-11-19(5-6-20(13)7-8-21-2)12-14-3-4-16(17)9-15(14)10-18/h3-4,9,13H,5-8,11-12H2,1-2H3. The maximum atomic E-state index is 13.2. The Hall–Kier alpha value is -1.48. The highest BCUT2D eigenvalue weighted by Gasteiger charge is 2.23. The molecular weight excluding hydrogens is 269 g/mol. The molecule has 4 nitrogen and oxygen atoms in total. The quantitative estimate of drug-likeness (QED) is 0.830. The monoisotopic (exact) mass is 291 g/mol. The van der Waals surface area contributed by atoms with Crippen LogP contribution in [0.2, 0.25) is 0 Å². The number of halogens is 1. The van der Waals surface area contributed by atoms with Gasteiger partial charge in [0.1, 0.15) is 5.82 Å². The van der Waals surface area contributed by atoms with Gasteiger partial charge in [-0.2, -0.15) is 5.26 Å². The highest BCUT2D eigenvalue weighted by Crippen LogP contribution is 2.16. The van der Waals surface area contributed by atoms with Crippen molar-refractivity contribution in [1.82, 2.24) is 9.80 Å². The smallest absolute Gasteiger partial charge is 0.124 e. The fourth-order valence-electron chi connectivity index (χ4n) is 2.79. The largest absolute Gasteiger partial charge is 0.383 e. The van der Waals surface area contributed by atoms with E-state index >= 15 is 0 Å². The molecule has 1 heterocycles. The third-order valence-corrected chi connectivity index (χ3v) is 4.02. The van der Waals surface area contributed by atoms with Crippen molar-refractivity contribution >= 4 is 0 Å². The Kier molecular flexibility index (Phi) is 5.68. The summed E-state index contributed by atoms with van der Waals surface area (Å²) in [4.78, 5) is 4.73. The number of nitriles is 1. The van der Waals surface area contributed by atoms with Crippen molar-refractivity contribution in [3.05, 3.63) is 35.1 Å². The minimum atomic E-state index is -0.354. The maximum absolute atomic E-state index is 13.2. The SMILES string of the molecule is COCCN1CCN(Cc2ccc(F)cc2C#N)CC1C. The van der Waals surface area contributed by atoms with Crippen molar-refractivity contribution in [3.63, 3.8) is 0 Å². The van der Waals surface area contributed by atoms with Crippen molar-refractivity contribution in [3.8, 4) is 6.07 Å². The molecule has 1 aliphatic rings. The number of nitrogens with zero attached hydrogens (tertiary/aromatic N) is 3. The van der Waals surface area contributed by atoms with Crippen molar-refractivity contribution in [2.24, 2.45) is 0 Å². The molecular formula is C16H22FN3O. The zero-order valence-electron chi connectivity index (χ0n) is 12.7. The minimum absolute atomic E-state index is 0.354. The molecule has 114 valence electrons. The number of benzene rings is 1. The van der Waals surface area contributed by atoms with Gasteiger partial charge in [0.2, 0.25) is 0 Å². The molecule has 1 fully saturated rings. The summed E-state index contributed by atoms with van der Waals surface area (Å²) >= 11 is 0. The van der Waals surface area contributed by atoms with Crippen LogP contribution in [0.15, 0.2) is 18.2 Å². The molecule has 5 heteroatoms. The van der Waals surface area contributed by atoms with E-state index in [0.717, 1.165) is 38.3 Å². The van der Waals surface area contributed by atoms with Gasteiger partial charge in [-0.1, -0.05) is 6.07 Å². The van der Waals surface area contributed by atoms with Gasteiger partial charge in [-0.3, -0.25) is 9.80 Å². The molecule has 0 spiro atoms. The van der Waals surface area contributed by atoms with Crippen molar-refractivity contribution < 1.29 is 9.13 Å². The Labute approximate surface area is 125 Å². The van der Waals surface area contributed by atoms with Gasteiger partial charge in [0.25, 0.3) is 0 Å². The zero-order valence-corrected chi connectivity index (χ0v) is 12.7. The van der Waals surface area contributed by atoms with E-state index in [4.69, 9.17) is 10.00 Å². The van der Waals surface area contributed by atoms with Crippen LogP contribution in [-0.4, -0.2) is 55.7 Å². The molecule has 1 aromatic carbocycles. The van der Waals surface area contributed by atoms with Crippen LogP contribution >= 0.6 is 0 Å². The summed E-state index contributed by atoms with van der Waals surface area (Å²) in [6.45, 7) is 7.51. The van der Waals surface area contributed by atoms with Crippen LogP contribution in [-0.2, 0) is 11.3 Å². The molecule has 1 saturated heterocycles. The van der Waals surface area contributed by atoms with Gasteiger partial charge in [-0.15, -0.1) is 0 Å². The summed E-state index contributed by atoms with van der Waals surface area (Å²) in [5.41, 5.74) is 1.33. The molecule has 1 unspecified atom stereocenters. The fraction of sp³-hybridized carbons (Fsp3) is 0.562. The molecule has 1 aromatic rings. The van der Waals surface area contributed by atoms with Gasteiger partial charge in [0.15, 0.2) is 0 Å². The lowest BCUT2D eigenvalue weighted by Gasteiger charge is -2.39. The highest BCUT2D eigenvalue weighted by molar-refractivity contribution is 5.37. The lowest BCUT2D eigenvalue weighted by atomic mass is 10.1. The molecule has 1 atom stereocenters. The Balaban J connectivity index is 1.95. The van der Waals surface area contributed by atoms with Crippen molar-refractivity contribution in [2.45, 2.75) is 19.5 Å². The predicted molar refractivity (Wildman–Crippen MR) is 79.3 cm³/mol. The van der Waals surface area contributed by atoms with E-state index in [1.807, 2.05) is 0 Å². The summed E-state index contributed by atoms with van der Waals surface area (Å²) in [6, 6.07) is 6.99. The van der Waals surface area contributed by atoms with Crippen molar-refractivity contribution in [1.29, 1.82) is 5.26 Å². The maximum Gasteiger partial charge on any atom is 0.124 e. The molecule has 0 N–H and O–H groups in total. The molecule has 21 heavy (non-hydrogen) atoms. The van der Waals surface area contributed by atoms with Crippen LogP contribution < -0.4 is 0 Å². The summed E-state index contributed by atoms with van der Waals surface area (Å²) in [6.07, 6.45) is 0. The van der Waals surface area contributed by atoms with Gasteiger partial charge < -0.3 is 4.74 Å². The number of ether oxygens (including phenoxy) is 1. The molecule has 2 rings (SSSR count). The molecule has 0 amide bonds. The summed E-state index contributed by atoms with van der Waals surface area (Å²) in [7, 11) is 1.72. The first kappa shape index (κ1) is 15.9. The van der Waals surface area contributed by atoms with Gasteiger partial charge in [-0.25, -0.2) is 4.39 Å². The number of hydrogen-bond acceptors (Lipinski definition) is 4. The van der Waals surface area contributed by atoms with Crippen LogP contribution in [0.3, 0.4) is 0 Å². The van der Waals surface area contributed by atoms with Crippen LogP contribution in [0.4, 0.5) is 4.39 Å². The zero-order chi connectivity index (χ0) is 15.2. The second kappa shape index (κ2) is 7.51. The van der Waals surface area contributed by atoms with Crippen LogP contribution in [0.25, 0.3) is 0 Å². The predicted octanol–water partition coefficient (Wildman–Crippen LogP) is 1.85.